The Kier molecular flexibility index (Phi) is 4.09. The van der Waals surface area contributed by atoms with Crippen LogP contribution in [0.2, 0.25) is 0 Å². The highest BCUT2D eigenvalue weighted by Crippen LogP contribution is 2.31. The minimum absolute atomic E-state index is 0.0709. The van der Waals surface area contributed by atoms with Gasteiger partial charge < -0.3 is 5.32 Å². The Labute approximate surface area is 182 Å². The van der Waals surface area contributed by atoms with E-state index in [9.17, 15) is 14.4 Å². The van der Waals surface area contributed by atoms with Gasteiger partial charge in [0.05, 0.1) is 12.1 Å². The fourth-order valence-corrected chi connectivity index (χ4v) is 4.98. The van der Waals surface area contributed by atoms with Gasteiger partial charge in [0, 0.05) is 11.5 Å². The summed E-state index contributed by atoms with van der Waals surface area (Å²) >= 11 is 4.73. The number of carbonyl (C=O) groups excluding carboxylic acids is 2. The second-order valence-corrected chi connectivity index (χ2v) is 9.04. The van der Waals surface area contributed by atoms with E-state index in [1.54, 1.807) is 36.6 Å². The number of thiophene rings is 1. The lowest BCUT2D eigenvalue weighted by Gasteiger charge is -2.22. The number of imide groups is 1. The van der Waals surface area contributed by atoms with Crippen LogP contribution in [0.3, 0.4) is 0 Å². The van der Waals surface area contributed by atoms with Gasteiger partial charge in [-0.1, -0.05) is 28.1 Å². The molecule has 3 amide bonds. The normalized spacial score (nSPS) is 19.2. The molecule has 11 heteroatoms. The number of amides is 3. The topological polar surface area (TPSA) is 102 Å². The molecule has 9 nitrogen and oxygen atoms in total. The molecule has 0 bridgehead atoms. The number of hydrogen-bond acceptors (Lipinski definition) is 6. The largest absolute Gasteiger partial charge is 0.325 e. The molecule has 1 atom stereocenters. The predicted molar refractivity (Wildman–Crippen MR) is 114 cm³/mol. The Balaban J connectivity index is 1.58. The van der Waals surface area contributed by atoms with E-state index in [2.05, 4.69) is 31.4 Å². The lowest BCUT2D eigenvalue weighted by atomic mass is 9.92. The molecule has 4 aromatic rings. The fraction of sp³-hybridized carbons (Fsp3) is 0.211. The first-order valence-corrected chi connectivity index (χ1v) is 10.7. The molecule has 0 spiro atoms. The Morgan fingerprint density at radius 1 is 1.20 bits per heavy atom. The van der Waals surface area contributed by atoms with Crippen LogP contribution in [0.5, 0.6) is 0 Å². The van der Waals surface area contributed by atoms with Crippen molar-refractivity contribution in [3.8, 4) is 0 Å². The van der Waals surface area contributed by atoms with E-state index in [4.69, 9.17) is 0 Å². The summed E-state index contributed by atoms with van der Waals surface area (Å²) in [5.74, 6) is 0.363. The van der Waals surface area contributed by atoms with Crippen molar-refractivity contribution in [2.75, 3.05) is 0 Å². The number of aryl methyl sites for hydroxylation is 1. The summed E-state index contributed by atoms with van der Waals surface area (Å²) in [6.07, 6.45) is 0. The zero-order valence-electron chi connectivity index (χ0n) is 15.9. The number of hydrogen-bond donors (Lipinski definition) is 1. The van der Waals surface area contributed by atoms with Crippen LogP contribution in [0.4, 0.5) is 4.79 Å². The van der Waals surface area contributed by atoms with E-state index in [0.717, 1.165) is 9.37 Å². The first kappa shape index (κ1) is 18.9. The van der Waals surface area contributed by atoms with Crippen LogP contribution < -0.4 is 10.9 Å². The molecule has 1 fully saturated rings. The first-order chi connectivity index (χ1) is 14.3. The number of nitrogens with one attached hydrogen (secondary N) is 1. The monoisotopic (exact) mass is 486 g/mol. The predicted octanol–water partition coefficient (Wildman–Crippen LogP) is 2.37. The maximum absolute atomic E-state index is 13.3. The Bertz CT molecular complexity index is 1420. The fourth-order valence-electron chi connectivity index (χ4n) is 3.73. The van der Waals surface area contributed by atoms with Gasteiger partial charge in [0.15, 0.2) is 5.82 Å². The van der Waals surface area contributed by atoms with Gasteiger partial charge in [-0.15, -0.1) is 21.5 Å². The number of urea groups is 1. The van der Waals surface area contributed by atoms with Crippen molar-refractivity contribution in [3.63, 3.8) is 0 Å². The third-order valence-electron chi connectivity index (χ3n) is 5.37. The highest BCUT2D eigenvalue weighted by Gasteiger charge is 2.49. The number of benzene rings is 1. The van der Waals surface area contributed by atoms with Crippen molar-refractivity contribution in [2.24, 2.45) is 7.05 Å². The molecule has 0 radical (unpaired) electrons. The van der Waals surface area contributed by atoms with Crippen molar-refractivity contribution in [1.29, 1.82) is 0 Å². The van der Waals surface area contributed by atoms with E-state index in [1.165, 1.54) is 15.9 Å². The maximum atomic E-state index is 13.3. The Hall–Kier alpha value is -3.05. The molecule has 1 aliphatic heterocycles. The van der Waals surface area contributed by atoms with Crippen LogP contribution in [0, 0.1) is 0 Å². The minimum atomic E-state index is -1.19. The summed E-state index contributed by atoms with van der Waals surface area (Å²) in [4.78, 5) is 39.6. The molecule has 1 unspecified atom stereocenters. The molecule has 1 aromatic carbocycles. The van der Waals surface area contributed by atoms with Gasteiger partial charge >= 0.3 is 6.03 Å². The zero-order valence-corrected chi connectivity index (χ0v) is 18.3. The van der Waals surface area contributed by atoms with Gasteiger partial charge in [0.25, 0.3) is 11.5 Å². The molecule has 3 aromatic heterocycles. The van der Waals surface area contributed by atoms with Crippen LogP contribution in [-0.4, -0.2) is 36.0 Å². The van der Waals surface area contributed by atoms with Crippen molar-refractivity contribution in [3.05, 3.63) is 61.9 Å². The van der Waals surface area contributed by atoms with E-state index in [1.807, 2.05) is 17.5 Å². The van der Waals surface area contributed by atoms with Crippen molar-refractivity contribution in [2.45, 2.75) is 19.0 Å². The SMILES string of the molecule is Cn1c(=O)c2sccc2n2c(CN3C(=O)NC(C)(c4cccc(Br)c4)C3=O)nnc12. The average molecular weight is 487 g/mol. The third kappa shape index (κ3) is 2.55. The minimum Gasteiger partial charge on any atom is -0.319 e. The molecule has 1 saturated heterocycles. The summed E-state index contributed by atoms with van der Waals surface area (Å²) in [6.45, 7) is 1.61. The van der Waals surface area contributed by atoms with E-state index < -0.39 is 11.6 Å². The molecule has 5 rings (SSSR count). The van der Waals surface area contributed by atoms with Crippen molar-refractivity contribution in [1.82, 2.24) is 29.4 Å². The third-order valence-corrected chi connectivity index (χ3v) is 6.76. The second-order valence-electron chi connectivity index (χ2n) is 7.21. The van der Waals surface area contributed by atoms with Gasteiger partial charge in [0.2, 0.25) is 5.78 Å². The first-order valence-electron chi connectivity index (χ1n) is 9.01. The Morgan fingerprint density at radius 2 is 2.00 bits per heavy atom. The van der Waals surface area contributed by atoms with Crippen LogP contribution in [0.1, 0.15) is 18.3 Å². The molecule has 1 N–H and O–H groups in total. The molecule has 0 saturated carbocycles. The van der Waals surface area contributed by atoms with E-state index >= 15 is 0 Å². The summed E-state index contributed by atoms with van der Waals surface area (Å²) in [7, 11) is 1.62. The molecule has 152 valence electrons. The summed E-state index contributed by atoms with van der Waals surface area (Å²) in [5, 5.41) is 12.9. The average Bonchev–Trinajstić information content (AvgIpc) is 3.40. The molecule has 1 aliphatic rings. The smallest absolute Gasteiger partial charge is 0.319 e. The van der Waals surface area contributed by atoms with Crippen molar-refractivity contribution >= 4 is 55.2 Å². The van der Waals surface area contributed by atoms with E-state index in [0.29, 0.717) is 27.4 Å². The van der Waals surface area contributed by atoms with Gasteiger partial charge in [-0.25, -0.2) is 4.79 Å². The number of carbonyl (C=O) groups is 2. The second kappa shape index (κ2) is 6.47. The van der Waals surface area contributed by atoms with Crippen LogP contribution in [0.15, 0.2) is 45.0 Å². The van der Waals surface area contributed by atoms with Gasteiger partial charge in [-0.3, -0.25) is 23.5 Å². The number of rotatable bonds is 3. The standard InChI is InChI=1S/C19H15BrN6O3S/c1-19(10-4-3-5-11(20)8-10)16(28)25(18(29)21-19)9-13-22-23-17-24(2)15(27)14-12(26(13)17)6-7-30-14/h3-8H,9H2,1-2H3,(H,21,29). The lowest BCUT2D eigenvalue weighted by molar-refractivity contribution is -0.131. The number of fused-ring (bicyclic) bond motifs is 3. The molecular weight excluding hydrogens is 472 g/mol. The molecule has 30 heavy (non-hydrogen) atoms. The molecule has 0 aliphatic carbocycles. The van der Waals surface area contributed by atoms with Gasteiger partial charge in [-0.2, -0.15) is 0 Å². The summed E-state index contributed by atoms with van der Waals surface area (Å²) in [5.41, 5.74) is -0.0265. The van der Waals surface area contributed by atoms with Gasteiger partial charge in [-0.05, 0) is 36.1 Å². The number of nitrogens with zero attached hydrogens (tertiary/aromatic N) is 5. The quantitative estimate of drug-likeness (QED) is 0.448. The van der Waals surface area contributed by atoms with E-state index in [-0.39, 0.29) is 18.0 Å². The van der Waals surface area contributed by atoms with Gasteiger partial charge in [0.1, 0.15) is 10.2 Å². The van der Waals surface area contributed by atoms with Crippen LogP contribution in [0.25, 0.3) is 16.0 Å². The van der Waals surface area contributed by atoms with Crippen LogP contribution in [-0.2, 0) is 23.9 Å². The highest BCUT2D eigenvalue weighted by atomic mass is 79.9. The Morgan fingerprint density at radius 3 is 2.77 bits per heavy atom. The number of halogens is 1. The molecule has 4 heterocycles. The highest BCUT2D eigenvalue weighted by molar-refractivity contribution is 9.10. The zero-order chi connectivity index (χ0) is 21.2. The summed E-state index contributed by atoms with van der Waals surface area (Å²) in [6, 6.07) is 8.56. The molecular formula is C19H15BrN6O3S. The van der Waals surface area contributed by atoms with Crippen molar-refractivity contribution < 1.29 is 9.59 Å². The lowest BCUT2D eigenvalue weighted by Crippen LogP contribution is -2.40. The maximum Gasteiger partial charge on any atom is 0.325 e. The summed E-state index contributed by atoms with van der Waals surface area (Å²) < 4.78 is 4.49. The van der Waals surface area contributed by atoms with Crippen LogP contribution >= 0.6 is 27.3 Å². The number of aromatic nitrogens is 4.